The minimum absolute atomic E-state index is 0. The van der Waals surface area contributed by atoms with Gasteiger partial charge in [0.1, 0.15) is 28.4 Å². The van der Waals surface area contributed by atoms with Crippen molar-refractivity contribution >= 4 is 35.0 Å². The average molecular weight is 484 g/mol. The van der Waals surface area contributed by atoms with Gasteiger partial charge in [-0.25, -0.2) is 18.0 Å². The Morgan fingerprint density at radius 2 is 1.94 bits per heavy atom. The van der Waals surface area contributed by atoms with Crippen LogP contribution in [0, 0.1) is 17.5 Å². The molecule has 4 rings (SSSR count). The summed E-state index contributed by atoms with van der Waals surface area (Å²) in [5.41, 5.74) is -1.79. The summed E-state index contributed by atoms with van der Waals surface area (Å²) < 4.78 is 50.1. The van der Waals surface area contributed by atoms with Crippen LogP contribution in [0.1, 0.15) is 17.3 Å². The molecule has 0 radical (unpaired) electrons. The van der Waals surface area contributed by atoms with Crippen molar-refractivity contribution < 1.29 is 27.8 Å². The number of ether oxygens (including phenoxy) is 1. The molecule has 2 heterocycles. The number of carbonyl (C=O) groups is 1. The highest BCUT2D eigenvalue weighted by Crippen LogP contribution is 2.39. The minimum Gasteiger partial charge on any atom is -0.492 e. The fraction of sp³-hybridized carbons (Fsp3) is 0.273. The summed E-state index contributed by atoms with van der Waals surface area (Å²) in [6.07, 6.45) is 0.938. The second-order valence-corrected chi connectivity index (χ2v) is 7.58. The second-order valence-electron chi connectivity index (χ2n) is 7.58. The van der Waals surface area contributed by atoms with Crippen LogP contribution in [-0.2, 0) is 0 Å². The Morgan fingerprint density at radius 1 is 1.21 bits per heavy atom. The van der Waals surface area contributed by atoms with Gasteiger partial charge in [0, 0.05) is 37.9 Å². The van der Waals surface area contributed by atoms with Gasteiger partial charge in [0.15, 0.2) is 11.6 Å². The Labute approximate surface area is 192 Å². The van der Waals surface area contributed by atoms with Crippen molar-refractivity contribution in [2.75, 3.05) is 31.6 Å². The van der Waals surface area contributed by atoms with E-state index in [9.17, 15) is 23.5 Å². The van der Waals surface area contributed by atoms with Crippen LogP contribution >= 0.6 is 12.4 Å². The standard InChI is InChI=1S/C22H20F3N3O4.ClH/c1-11-9-27(6-5-26-11)19-16(25)8-13-18(21(19)32-2)28(10-14(20(13)29)22(30)31)17-4-3-12(23)7-15(17)24;/h3-4,7-8,10-11,26H,5-6,9H2,1-2H3,(H,30,31);1H. The average Bonchev–Trinajstić information content (AvgIpc) is 2.73. The van der Waals surface area contributed by atoms with E-state index < -0.39 is 34.4 Å². The molecule has 176 valence electrons. The van der Waals surface area contributed by atoms with E-state index in [0.717, 1.165) is 29.0 Å². The number of halogens is 4. The number of piperazine rings is 1. The van der Waals surface area contributed by atoms with Gasteiger partial charge in [-0.2, -0.15) is 0 Å². The fourth-order valence-electron chi connectivity index (χ4n) is 4.06. The van der Waals surface area contributed by atoms with Crippen LogP contribution < -0.4 is 20.4 Å². The molecule has 1 atom stereocenters. The molecule has 7 nitrogen and oxygen atoms in total. The van der Waals surface area contributed by atoms with Crippen LogP contribution in [0.2, 0.25) is 0 Å². The molecular weight excluding hydrogens is 463 g/mol. The number of carboxylic acid groups (broad SMARTS) is 1. The molecule has 1 aromatic heterocycles. The highest BCUT2D eigenvalue weighted by Gasteiger charge is 2.28. The lowest BCUT2D eigenvalue weighted by atomic mass is 10.1. The third-order valence-electron chi connectivity index (χ3n) is 5.46. The summed E-state index contributed by atoms with van der Waals surface area (Å²) in [5.74, 6) is -4.20. The second kappa shape index (κ2) is 9.32. The first kappa shape index (κ1) is 24.4. The van der Waals surface area contributed by atoms with Crippen molar-refractivity contribution in [3.05, 3.63) is 63.7 Å². The van der Waals surface area contributed by atoms with Gasteiger partial charge in [-0.05, 0) is 25.1 Å². The summed E-state index contributed by atoms with van der Waals surface area (Å²) in [5, 5.41) is 12.4. The third kappa shape index (κ3) is 4.23. The molecule has 2 aromatic carbocycles. The highest BCUT2D eigenvalue weighted by atomic mass is 35.5. The number of fused-ring (bicyclic) bond motifs is 1. The quantitative estimate of drug-likeness (QED) is 0.592. The molecule has 0 aliphatic carbocycles. The van der Waals surface area contributed by atoms with Crippen molar-refractivity contribution in [1.82, 2.24) is 9.88 Å². The van der Waals surface area contributed by atoms with E-state index in [0.29, 0.717) is 25.7 Å². The number of nitrogens with one attached hydrogen (secondary N) is 1. The third-order valence-corrected chi connectivity index (χ3v) is 5.46. The largest absolute Gasteiger partial charge is 0.492 e. The maximum atomic E-state index is 15.3. The van der Waals surface area contributed by atoms with Crippen LogP contribution in [0.5, 0.6) is 5.75 Å². The topological polar surface area (TPSA) is 83.8 Å². The molecule has 1 fully saturated rings. The zero-order valence-electron chi connectivity index (χ0n) is 17.7. The number of methoxy groups -OCH3 is 1. The molecule has 33 heavy (non-hydrogen) atoms. The van der Waals surface area contributed by atoms with E-state index in [1.165, 1.54) is 7.11 Å². The van der Waals surface area contributed by atoms with E-state index in [2.05, 4.69) is 5.32 Å². The van der Waals surface area contributed by atoms with Crippen LogP contribution in [0.25, 0.3) is 16.6 Å². The van der Waals surface area contributed by atoms with Crippen molar-refractivity contribution in [3.63, 3.8) is 0 Å². The van der Waals surface area contributed by atoms with Crippen LogP contribution in [0.4, 0.5) is 18.9 Å². The van der Waals surface area contributed by atoms with Gasteiger partial charge in [-0.1, -0.05) is 0 Å². The van der Waals surface area contributed by atoms with Crippen LogP contribution in [-0.4, -0.2) is 48.4 Å². The predicted octanol–water partition coefficient (Wildman–Crippen LogP) is 3.33. The molecule has 3 aromatic rings. The lowest BCUT2D eigenvalue weighted by Gasteiger charge is -2.35. The molecule has 1 unspecified atom stereocenters. The maximum absolute atomic E-state index is 15.3. The molecular formula is C22H21ClF3N3O4. The van der Waals surface area contributed by atoms with Crippen LogP contribution in [0.15, 0.2) is 35.3 Å². The van der Waals surface area contributed by atoms with Gasteiger partial charge in [-0.3, -0.25) is 4.79 Å². The maximum Gasteiger partial charge on any atom is 0.341 e. The number of carboxylic acids is 1. The zero-order valence-corrected chi connectivity index (χ0v) is 18.5. The van der Waals surface area contributed by atoms with Crippen molar-refractivity contribution in [2.24, 2.45) is 0 Å². The first-order valence-corrected chi connectivity index (χ1v) is 9.85. The Bertz CT molecular complexity index is 1300. The molecule has 0 saturated carbocycles. The molecule has 11 heteroatoms. The summed E-state index contributed by atoms with van der Waals surface area (Å²) in [7, 11) is 1.28. The molecule has 2 N–H and O–H groups in total. The summed E-state index contributed by atoms with van der Waals surface area (Å²) in [4.78, 5) is 26.3. The van der Waals surface area contributed by atoms with Gasteiger partial charge in [-0.15, -0.1) is 12.4 Å². The van der Waals surface area contributed by atoms with Gasteiger partial charge in [0.2, 0.25) is 5.43 Å². The smallest absolute Gasteiger partial charge is 0.341 e. The zero-order chi connectivity index (χ0) is 23.2. The number of benzene rings is 2. The minimum atomic E-state index is -1.56. The number of rotatable bonds is 4. The van der Waals surface area contributed by atoms with Crippen molar-refractivity contribution in [3.8, 4) is 11.4 Å². The molecule has 1 aliphatic heterocycles. The Hall–Kier alpha value is -3.24. The number of hydrogen-bond acceptors (Lipinski definition) is 5. The molecule has 1 saturated heterocycles. The number of aromatic nitrogens is 1. The number of anilines is 1. The molecule has 0 bridgehead atoms. The van der Waals surface area contributed by atoms with Crippen molar-refractivity contribution in [1.29, 1.82) is 0 Å². The van der Waals surface area contributed by atoms with Crippen molar-refractivity contribution in [2.45, 2.75) is 13.0 Å². The normalized spacial score (nSPS) is 15.9. The van der Waals surface area contributed by atoms with Crippen LogP contribution in [0.3, 0.4) is 0 Å². The van der Waals surface area contributed by atoms with E-state index >= 15 is 4.39 Å². The molecule has 0 amide bonds. The van der Waals surface area contributed by atoms with E-state index in [4.69, 9.17) is 4.74 Å². The van der Waals surface area contributed by atoms with E-state index in [1.54, 1.807) is 4.90 Å². The molecule has 0 spiro atoms. The number of hydrogen-bond donors (Lipinski definition) is 2. The Morgan fingerprint density at radius 3 is 2.55 bits per heavy atom. The Kier molecular flexibility index (Phi) is 6.89. The number of nitrogens with zero attached hydrogens (tertiary/aromatic N) is 2. The summed E-state index contributed by atoms with van der Waals surface area (Å²) in [6, 6.07) is 3.73. The monoisotopic (exact) mass is 483 g/mol. The molecule has 1 aliphatic rings. The SMILES string of the molecule is COc1c(N2CCNC(C)C2)c(F)cc2c(=O)c(C(=O)O)cn(-c3ccc(F)cc3F)c12.Cl. The first-order chi connectivity index (χ1) is 15.2. The Balaban J connectivity index is 0.00000306. The van der Waals surface area contributed by atoms with Gasteiger partial charge in [0.05, 0.1) is 18.2 Å². The summed E-state index contributed by atoms with van der Waals surface area (Å²) >= 11 is 0. The fourth-order valence-corrected chi connectivity index (χ4v) is 4.06. The highest BCUT2D eigenvalue weighted by molar-refractivity contribution is 5.97. The number of pyridine rings is 1. The number of aromatic carboxylic acids is 1. The van der Waals surface area contributed by atoms with Gasteiger partial charge >= 0.3 is 5.97 Å². The van der Waals surface area contributed by atoms with E-state index in [-0.39, 0.29) is 46.5 Å². The van der Waals surface area contributed by atoms with Gasteiger partial charge in [0.25, 0.3) is 0 Å². The first-order valence-electron chi connectivity index (χ1n) is 9.85. The lowest BCUT2D eigenvalue weighted by Crippen LogP contribution is -2.49. The summed E-state index contributed by atoms with van der Waals surface area (Å²) in [6.45, 7) is 3.41. The predicted molar refractivity (Wildman–Crippen MR) is 120 cm³/mol. The van der Waals surface area contributed by atoms with E-state index in [1.807, 2.05) is 6.92 Å². The van der Waals surface area contributed by atoms with Gasteiger partial charge < -0.3 is 24.6 Å². The lowest BCUT2D eigenvalue weighted by molar-refractivity contribution is 0.0695.